The van der Waals surface area contributed by atoms with E-state index in [-0.39, 0.29) is 35.0 Å². The van der Waals surface area contributed by atoms with Crippen molar-refractivity contribution in [1.29, 1.82) is 0 Å². The summed E-state index contributed by atoms with van der Waals surface area (Å²) in [4.78, 5) is 12.3. The molecule has 2 saturated carbocycles. The molecule has 0 spiro atoms. The quantitative estimate of drug-likeness (QED) is 0.232. The van der Waals surface area contributed by atoms with Gasteiger partial charge < -0.3 is 4.43 Å². The number of hydrogen-bond donors (Lipinski definition) is 0. The molecular formula is C22H32F6O2Si. The molecule has 2 aliphatic carbocycles. The van der Waals surface area contributed by atoms with Gasteiger partial charge in [0.05, 0.1) is 0 Å². The number of fused-ring (bicyclic) bond motifs is 1. The first-order valence-corrected chi connectivity index (χ1v) is 14.1. The zero-order valence-electron chi connectivity index (χ0n) is 18.7. The molecule has 2 nitrogen and oxygen atoms in total. The molecule has 0 aromatic rings. The van der Waals surface area contributed by atoms with Gasteiger partial charge in [-0.1, -0.05) is 32.1 Å². The van der Waals surface area contributed by atoms with Crippen LogP contribution in [0.25, 0.3) is 0 Å². The second kappa shape index (κ2) is 8.69. The van der Waals surface area contributed by atoms with Crippen molar-refractivity contribution >= 4 is 14.1 Å². The number of rotatable bonds is 6. The third-order valence-corrected chi connectivity index (χ3v) is 7.67. The smallest absolute Gasteiger partial charge is 0.394 e. The Morgan fingerprint density at radius 3 is 2.16 bits per heavy atom. The average molecular weight is 471 g/mol. The van der Waals surface area contributed by atoms with Gasteiger partial charge in [0.2, 0.25) is 0 Å². The lowest BCUT2D eigenvalue weighted by Crippen LogP contribution is -2.61. The minimum Gasteiger partial charge on any atom is -0.394 e. The fourth-order valence-corrected chi connectivity index (χ4v) is 6.65. The van der Waals surface area contributed by atoms with Crippen molar-refractivity contribution in [1.82, 2.24) is 0 Å². The lowest BCUT2D eigenvalue weighted by atomic mass is 9.62. The van der Waals surface area contributed by atoms with Crippen LogP contribution in [0.3, 0.4) is 0 Å². The summed E-state index contributed by atoms with van der Waals surface area (Å²) < 4.78 is 86.1. The molecule has 0 bridgehead atoms. The summed E-state index contributed by atoms with van der Waals surface area (Å²) in [6.07, 6.45) is -3.58. The Hall–Kier alpha value is -1.09. The van der Waals surface area contributed by atoms with E-state index in [4.69, 9.17) is 4.43 Å². The van der Waals surface area contributed by atoms with E-state index in [0.717, 1.165) is 31.8 Å². The fourth-order valence-electron chi connectivity index (χ4n) is 5.38. The van der Waals surface area contributed by atoms with Crippen LogP contribution in [0, 0.1) is 23.2 Å². The first-order valence-electron chi connectivity index (χ1n) is 10.7. The number of hydrogen-bond acceptors (Lipinski definition) is 2. The Morgan fingerprint density at radius 2 is 1.65 bits per heavy atom. The first kappa shape index (κ1) is 26.2. The van der Waals surface area contributed by atoms with E-state index in [2.05, 4.69) is 6.92 Å². The van der Waals surface area contributed by atoms with Gasteiger partial charge in [0, 0.05) is 12.3 Å². The molecule has 4 atom stereocenters. The topological polar surface area (TPSA) is 26.3 Å². The van der Waals surface area contributed by atoms with E-state index in [1.807, 2.05) is 6.92 Å². The van der Waals surface area contributed by atoms with Crippen molar-refractivity contribution in [3.05, 3.63) is 24.3 Å². The van der Waals surface area contributed by atoms with Gasteiger partial charge in [-0.05, 0) is 68.7 Å². The van der Waals surface area contributed by atoms with Gasteiger partial charge in [0.1, 0.15) is 5.78 Å². The largest absolute Gasteiger partial charge is 0.429 e. The molecule has 0 aromatic carbocycles. The van der Waals surface area contributed by atoms with E-state index in [1.165, 1.54) is 25.7 Å². The van der Waals surface area contributed by atoms with Crippen LogP contribution in [0.15, 0.2) is 24.3 Å². The molecule has 0 aromatic heterocycles. The molecule has 0 heterocycles. The van der Waals surface area contributed by atoms with E-state index < -0.39 is 26.3 Å². The van der Waals surface area contributed by atoms with Crippen molar-refractivity contribution in [2.75, 3.05) is 0 Å². The summed E-state index contributed by atoms with van der Waals surface area (Å²) in [5, 5.41) is 0. The molecule has 0 radical (unpaired) electrons. The summed E-state index contributed by atoms with van der Waals surface area (Å²) >= 11 is 0. The van der Waals surface area contributed by atoms with Crippen molar-refractivity contribution in [3.8, 4) is 0 Å². The molecule has 2 aliphatic rings. The number of allylic oxidation sites excluding steroid dienone is 3. The van der Waals surface area contributed by atoms with Crippen LogP contribution in [-0.2, 0) is 9.22 Å². The van der Waals surface area contributed by atoms with E-state index in [9.17, 15) is 31.1 Å². The average Bonchev–Trinajstić information content (AvgIpc) is 2.92. The zero-order chi connectivity index (χ0) is 23.9. The second-order valence-electron chi connectivity index (χ2n) is 10.1. The number of ketones is 1. The Bertz CT molecular complexity index is 705. The maximum Gasteiger partial charge on any atom is 0.429 e. The van der Waals surface area contributed by atoms with Crippen LogP contribution >= 0.6 is 0 Å². The highest BCUT2D eigenvalue weighted by Gasteiger charge is 2.71. The maximum atomic E-state index is 13.6. The predicted octanol–water partition coefficient (Wildman–Crippen LogP) is 7.24. The van der Waals surface area contributed by atoms with E-state index >= 15 is 0 Å². The van der Waals surface area contributed by atoms with Gasteiger partial charge >= 0.3 is 12.4 Å². The molecule has 2 fully saturated rings. The summed E-state index contributed by atoms with van der Waals surface area (Å²) in [5.41, 5.74) is -4.50. The van der Waals surface area contributed by atoms with Crippen LogP contribution in [0.5, 0.6) is 0 Å². The normalized spacial score (nSPS) is 29.7. The van der Waals surface area contributed by atoms with Crippen molar-refractivity contribution in [2.24, 2.45) is 23.2 Å². The third kappa shape index (κ3) is 5.29. The molecule has 0 aliphatic heterocycles. The molecule has 4 unspecified atom stereocenters. The third-order valence-electron chi connectivity index (χ3n) is 6.74. The van der Waals surface area contributed by atoms with Crippen molar-refractivity contribution in [3.63, 3.8) is 0 Å². The molecular weight excluding hydrogens is 438 g/mol. The van der Waals surface area contributed by atoms with Crippen LogP contribution in [0.4, 0.5) is 26.3 Å². The SMILES string of the molecule is CC(C=CC=CC(O[Si](C)(C)C)(C(F)(F)F)C(F)(F)F)C1CCC2C(=O)CCCC21C. The summed E-state index contributed by atoms with van der Waals surface area (Å²) in [6.45, 7) is 7.85. The maximum absolute atomic E-state index is 13.6. The van der Waals surface area contributed by atoms with E-state index in [1.54, 1.807) is 6.08 Å². The minimum atomic E-state index is -5.64. The molecule has 0 N–H and O–H groups in total. The van der Waals surface area contributed by atoms with Crippen LogP contribution < -0.4 is 0 Å². The van der Waals surface area contributed by atoms with Gasteiger partial charge in [-0.15, -0.1) is 0 Å². The number of carbonyl (C=O) groups is 1. The Balaban J connectivity index is 2.25. The highest BCUT2D eigenvalue weighted by Crippen LogP contribution is 2.56. The number of carbonyl (C=O) groups excluding carboxylic acids is 1. The Kier molecular flexibility index (Phi) is 7.33. The molecule has 9 heteroatoms. The summed E-state index contributed by atoms with van der Waals surface area (Å²) in [7, 11) is -3.20. The lowest BCUT2D eigenvalue weighted by Gasteiger charge is -2.41. The molecule has 0 saturated heterocycles. The van der Waals surface area contributed by atoms with Crippen LogP contribution in [-0.4, -0.2) is 32.1 Å². The Morgan fingerprint density at radius 1 is 1.06 bits per heavy atom. The van der Waals surface area contributed by atoms with Gasteiger partial charge in [0.25, 0.3) is 5.60 Å². The zero-order valence-corrected chi connectivity index (χ0v) is 19.7. The van der Waals surface area contributed by atoms with Crippen LogP contribution in [0.2, 0.25) is 19.6 Å². The highest BCUT2D eigenvalue weighted by molar-refractivity contribution is 6.69. The van der Waals surface area contributed by atoms with Crippen molar-refractivity contribution in [2.45, 2.75) is 83.5 Å². The fraction of sp³-hybridized carbons (Fsp3) is 0.773. The molecule has 178 valence electrons. The summed E-state index contributed by atoms with van der Waals surface area (Å²) in [5.74, 6) is 0.371. The predicted molar refractivity (Wildman–Crippen MR) is 110 cm³/mol. The molecule has 2 rings (SSSR count). The molecule has 0 amide bonds. The first-order chi connectivity index (χ1) is 13.9. The van der Waals surface area contributed by atoms with Gasteiger partial charge in [-0.25, -0.2) is 0 Å². The van der Waals surface area contributed by atoms with Crippen molar-refractivity contribution < 1.29 is 35.6 Å². The lowest BCUT2D eigenvalue weighted by molar-refractivity contribution is -0.340. The van der Waals surface area contributed by atoms with Gasteiger partial charge in [-0.2, -0.15) is 26.3 Å². The highest BCUT2D eigenvalue weighted by atomic mass is 28.4. The monoisotopic (exact) mass is 470 g/mol. The number of Topliss-reactive ketones (excluding diaryl/α,β-unsaturated/α-hetero) is 1. The van der Waals surface area contributed by atoms with Gasteiger partial charge in [0.15, 0.2) is 8.32 Å². The second-order valence-corrected chi connectivity index (χ2v) is 14.5. The van der Waals surface area contributed by atoms with Gasteiger partial charge in [-0.3, -0.25) is 4.79 Å². The standard InChI is InChI=1S/C22H32F6O2Si/c1-15(16-11-12-17-18(29)10-8-13-19(16,17)2)9-6-7-14-20(21(23,24)25,22(26,27)28)30-31(3,4)5/h6-7,9,14-17H,8,10-13H2,1-5H3. The van der Waals surface area contributed by atoms with E-state index in [0.29, 0.717) is 6.42 Å². The Labute approximate surface area is 181 Å². The summed E-state index contributed by atoms with van der Waals surface area (Å²) in [6, 6.07) is 0. The van der Waals surface area contributed by atoms with Crippen LogP contribution in [0.1, 0.15) is 46.0 Å². The molecule has 31 heavy (non-hydrogen) atoms. The number of halogens is 6. The number of alkyl halides is 6. The minimum absolute atomic E-state index is 0.00546.